The van der Waals surface area contributed by atoms with Crippen molar-refractivity contribution in [2.75, 3.05) is 0 Å². The van der Waals surface area contributed by atoms with Crippen molar-refractivity contribution in [2.45, 2.75) is 25.7 Å². The third-order valence-corrected chi connectivity index (χ3v) is 2.92. The SMILES string of the molecule is O=C(O)C(F)=C1CCCCc2ccccc21. The second-order valence-electron chi connectivity index (χ2n) is 3.96. The van der Waals surface area contributed by atoms with Crippen LogP contribution in [0.1, 0.15) is 30.4 Å². The Bertz CT molecular complexity index is 449. The fraction of sp³-hybridized carbons (Fsp3) is 0.308. The molecule has 0 saturated heterocycles. The van der Waals surface area contributed by atoms with Gasteiger partial charge in [-0.2, -0.15) is 4.39 Å². The lowest BCUT2D eigenvalue weighted by molar-refractivity contribution is -0.134. The van der Waals surface area contributed by atoms with E-state index >= 15 is 0 Å². The number of aliphatic carboxylic acids is 1. The predicted molar refractivity (Wildman–Crippen MR) is 59.7 cm³/mol. The van der Waals surface area contributed by atoms with E-state index in [1.165, 1.54) is 0 Å². The Kier molecular flexibility index (Phi) is 3.04. The Labute approximate surface area is 93.4 Å². The van der Waals surface area contributed by atoms with E-state index in [9.17, 15) is 9.18 Å². The first-order valence-corrected chi connectivity index (χ1v) is 5.40. The maximum absolute atomic E-state index is 13.6. The highest BCUT2D eigenvalue weighted by atomic mass is 19.1. The third kappa shape index (κ3) is 1.98. The number of rotatable bonds is 1. The standard InChI is InChI=1S/C13H13FO2/c14-12(13(15)16)11-8-4-2-6-9-5-1-3-7-10(9)11/h1,3,5,7H,2,4,6,8H2,(H,15,16). The van der Waals surface area contributed by atoms with Crippen LogP contribution in [0.3, 0.4) is 0 Å². The number of aryl methyl sites for hydroxylation is 1. The summed E-state index contributed by atoms with van der Waals surface area (Å²) in [5.41, 5.74) is 2.16. The van der Waals surface area contributed by atoms with Gasteiger partial charge in [-0.05, 0) is 36.8 Å². The van der Waals surface area contributed by atoms with E-state index in [2.05, 4.69) is 0 Å². The molecule has 1 aromatic carbocycles. The Morgan fingerprint density at radius 3 is 2.62 bits per heavy atom. The second kappa shape index (κ2) is 4.47. The van der Waals surface area contributed by atoms with Gasteiger partial charge >= 0.3 is 5.97 Å². The first kappa shape index (κ1) is 10.9. The van der Waals surface area contributed by atoms with Crippen LogP contribution in [-0.2, 0) is 11.2 Å². The van der Waals surface area contributed by atoms with E-state index in [1.807, 2.05) is 18.2 Å². The first-order chi connectivity index (χ1) is 7.70. The molecule has 0 aliphatic heterocycles. The van der Waals surface area contributed by atoms with Crippen molar-refractivity contribution in [3.63, 3.8) is 0 Å². The van der Waals surface area contributed by atoms with Gasteiger partial charge in [0.05, 0.1) is 0 Å². The highest BCUT2D eigenvalue weighted by Crippen LogP contribution is 2.32. The van der Waals surface area contributed by atoms with E-state index in [0.29, 0.717) is 12.0 Å². The smallest absolute Gasteiger partial charge is 0.365 e. The van der Waals surface area contributed by atoms with Crippen LogP contribution in [-0.4, -0.2) is 11.1 Å². The number of halogens is 1. The summed E-state index contributed by atoms with van der Waals surface area (Å²) < 4.78 is 13.6. The van der Waals surface area contributed by atoms with Gasteiger partial charge in [0.25, 0.3) is 0 Å². The van der Waals surface area contributed by atoms with Gasteiger partial charge in [-0.3, -0.25) is 0 Å². The number of fused-ring (bicyclic) bond motifs is 1. The molecule has 1 aromatic rings. The zero-order chi connectivity index (χ0) is 11.5. The molecule has 2 rings (SSSR count). The Morgan fingerprint density at radius 2 is 1.88 bits per heavy atom. The zero-order valence-corrected chi connectivity index (χ0v) is 8.87. The lowest BCUT2D eigenvalue weighted by atomic mass is 9.98. The summed E-state index contributed by atoms with van der Waals surface area (Å²) in [5.74, 6) is -2.47. The molecule has 0 unspecified atom stereocenters. The molecule has 0 heterocycles. The predicted octanol–water partition coefficient (Wildman–Crippen LogP) is 3.18. The normalized spacial score (nSPS) is 18.6. The maximum atomic E-state index is 13.6. The highest BCUT2D eigenvalue weighted by Gasteiger charge is 2.19. The highest BCUT2D eigenvalue weighted by molar-refractivity contribution is 5.94. The molecule has 0 amide bonds. The van der Waals surface area contributed by atoms with Crippen molar-refractivity contribution in [3.8, 4) is 0 Å². The molecule has 16 heavy (non-hydrogen) atoms. The summed E-state index contributed by atoms with van der Waals surface area (Å²) >= 11 is 0. The quantitative estimate of drug-likeness (QED) is 0.583. The van der Waals surface area contributed by atoms with Crippen LogP contribution < -0.4 is 0 Å². The fourth-order valence-corrected chi connectivity index (χ4v) is 2.14. The molecule has 0 atom stereocenters. The maximum Gasteiger partial charge on any atom is 0.365 e. The van der Waals surface area contributed by atoms with Gasteiger partial charge in [-0.25, -0.2) is 4.79 Å². The minimum Gasteiger partial charge on any atom is -0.476 e. The molecule has 1 aliphatic rings. The summed E-state index contributed by atoms with van der Waals surface area (Å²) in [5, 5.41) is 8.72. The molecule has 2 nitrogen and oxygen atoms in total. The van der Waals surface area contributed by atoms with Crippen molar-refractivity contribution >= 4 is 11.5 Å². The zero-order valence-electron chi connectivity index (χ0n) is 8.87. The second-order valence-corrected chi connectivity index (χ2v) is 3.96. The molecule has 0 bridgehead atoms. The number of carbonyl (C=O) groups is 1. The Hall–Kier alpha value is -1.64. The number of hydrogen-bond acceptors (Lipinski definition) is 1. The average Bonchev–Trinajstić information content (AvgIpc) is 2.50. The van der Waals surface area contributed by atoms with Gasteiger partial charge in [0.15, 0.2) is 0 Å². The van der Waals surface area contributed by atoms with Crippen LogP contribution >= 0.6 is 0 Å². The van der Waals surface area contributed by atoms with Crippen LogP contribution in [0.2, 0.25) is 0 Å². The van der Waals surface area contributed by atoms with Gasteiger partial charge < -0.3 is 5.11 Å². The van der Waals surface area contributed by atoms with E-state index in [4.69, 9.17) is 5.11 Å². The van der Waals surface area contributed by atoms with Crippen LogP contribution in [0.4, 0.5) is 4.39 Å². The summed E-state index contributed by atoms with van der Waals surface area (Å²) in [4.78, 5) is 10.7. The van der Waals surface area contributed by atoms with Gasteiger partial charge in [0.2, 0.25) is 5.83 Å². The largest absolute Gasteiger partial charge is 0.476 e. The molecule has 3 heteroatoms. The van der Waals surface area contributed by atoms with Gasteiger partial charge in [0.1, 0.15) is 0 Å². The van der Waals surface area contributed by atoms with E-state index in [-0.39, 0.29) is 0 Å². The van der Waals surface area contributed by atoms with Crippen molar-refractivity contribution in [1.82, 2.24) is 0 Å². The third-order valence-electron chi connectivity index (χ3n) is 2.92. The molecule has 1 N–H and O–H groups in total. The molecule has 1 aliphatic carbocycles. The summed E-state index contributed by atoms with van der Waals surface area (Å²) in [7, 11) is 0. The molecule has 0 aromatic heterocycles. The van der Waals surface area contributed by atoms with Crippen molar-refractivity contribution in [1.29, 1.82) is 0 Å². The van der Waals surface area contributed by atoms with E-state index in [1.54, 1.807) is 6.07 Å². The minimum atomic E-state index is -1.47. The lowest BCUT2D eigenvalue weighted by Crippen LogP contribution is -2.00. The summed E-state index contributed by atoms with van der Waals surface area (Å²) in [6.45, 7) is 0. The molecule has 0 spiro atoms. The Balaban J connectivity index is 2.56. The van der Waals surface area contributed by atoms with E-state index < -0.39 is 11.8 Å². The van der Waals surface area contributed by atoms with Crippen LogP contribution in [0, 0.1) is 0 Å². The van der Waals surface area contributed by atoms with Gasteiger partial charge in [0, 0.05) is 5.57 Å². The monoisotopic (exact) mass is 220 g/mol. The lowest BCUT2D eigenvalue weighted by Gasteiger charge is -2.08. The van der Waals surface area contributed by atoms with Crippen molar-refractivity contribution in [2.24, 2.45) is 0 Å². The minimum absolute atomic E-state index is 0.348. The molecule has 0 saturated carbocycles. The molecule has 84 valence electrons. The first-order valence-electron chi connectivity index (χ1n) is 5.40. The summed E-state index contributed by atoms with van der Waals surface area (Å²) in [6.07, 6.45) is 3.22. The van der Waals surface area contributed by atoms with E-state index in [0.717, 1.165) is 30.4 Å². The number of carboxylic acid groups (broad SMARTS) is 1. The number of hydrogen-bond donors (Lipinski definition) is 1. The van der Waals surface area contributed by atoms with Gasteiger partial charge in [-0.1, -0.05) is 24.3 Å². The van der Waals surface area contributed by atoms with Crippen LogP contribution in [0.25, 0.3) is 5.57 Å². The van der Waals surface area contributed by atoms with Crippen molar-refractivity contribution < 1.29 is 14.3 Å². The average molecular weight is 220 g/mol. The van der Waals surface area contributed by atoms with Crippen LogP contribution in [0.5, 0.6) is 0 Å². The van der Waals surface area contributed by atoms with Crippen LogP contribution in [0.15, 0.2) is 30.1 Å². The molecular formula is C13H13FO2. The molecule has 0 fully saturated rings. The Morgan fingerprint density at radius 1 is 1.19 bits per heavy atom. The topological polar surface area (TPSA) is 37.3 Å². The molecular weight excluding hydrogens is 207 g/mol. The van der Waals surface area contributed by atoms with Crippen molar-refractivity contribution in [3.05, 3.63) is 41.2 Å². The summed E-state index contributed by atoms with van der Waals surface area (Å²) in [6, 6.07) is 7.47. The number of benzene rings is 1. The fourth-order valence-electron chi connectivity index (χ4n) is 2.14. The number of carboxylic acids is 1. The van der Waals surface area contributed by atoms with Gasteiger partial charge in [-0.15, -0.1) is 0 Å². The molecule has 0 radical (unpaired) electrons. The number of allylic oxidation sites excluding steroid dienone is 1.